The minimum atomic E-state index is -6.06. The van der Waals surface area contributed by atoms with Gasteiger partial charge in [0.2, 0.25) is 0 Å². The van der Waals surface area contributed by atoms with Crippen molar-refractivity contribution in [2.75, 3.05) is 0 Å². The molecule has 0 aliphatic carbocycles. The molecule has 204 valence electrons. The Balaban J connectivity index is 1.98. The quantitative estimate of drug-likeness (QED) is 0.334. The lowest BCUT2D eigenvalue weighted by Gasteiger charge is -2.28. The first-order valence-electron chi connectivity index (χ1n) is 10.5. The first kappa shape index (κ1) is 28.6. The lowest BCUT2D eigenvalue weighted by Crippen LogP contribution is -2.56. The number of benzene rings is 3. The van der Waals surface area contributed by atoms with Gasteiger partial charge in [-0.1, -0.05) is 42.5 Å². The molecular formula is C24H16F9NO4. The number of alkyl halides is 9. The Labute approximate surface area is 207 Å². The molecule has 1 unspecified atom stereocenters. The van der Waals surface area contributed by atoms with Crippen LogP contribution in [0.25, 0.3) is 10.8 Å². The number of ether oxygens (including phenoxy) is 1. The highest BCUT2D eigenvalue weighted by Gasteiger charge is 2.62. The van der Waals surface area contributed by atoms with Crippen LogP contribution in [0.1, 0.15) is 21.5 Å². The van der Waals surface area contributed by atoms with Crippen LogP contribution < -0.4 is 10.1 Å². The highest BCUT2D eigenvalue weighted by Crippen LogP contribution is 2.42. The van der Waals surface area contributed by atoms with Crippen molar-refractivity contribution in [3.05, 3.63) is 77.4 Å². The summed E-state index contributed by atoms with van der Waals surface area (Å²) in [5, 5.41) is 11.0. The molecule has 0 spiro atoms. The number of hydrogen-bond donors (Lipinski definition) is 2. The summed E-state index contributed by atoms with van der Waals surface area (Å²) in [4.78, 5) is 24.2. The molecule has 0 aliphatic rings. The summed E-state index contributed by atoms with van der Waals surface area (Å²) < 4.78 is 123. The predicted molar refractivity (Wildman–Crippen MR) is 114 cm³/mol. The Hall–Kier alpha value is -3.97. The fourth-order valence-corrected chi connectivity index (χ4v) is 3.59. The minimum absolute atomic E-state index is 0.183. The Bertz CT molecular complexity index is 1300. The average molecular weight is 553 g/mol. The van der Waals surface area contributed by atoms with E-state index in [0.29, 0.717) is 5.39 Å². The smallest absolute Gasteiger partial charge is 0.416 e. The van der Waals surface area contributed by atoms with Crippen LogP contribution in [0.2, 0.25) is 0 Å². The Morgan fingerprint density at radius 3 is 1.92 bits per heavy atom. The number of rotatable bonds is 7. The number of halogens is 9. The third-order valence-corrected chi connectivity index (χ3v) is 5.38. The molecule has 1 atom stereocenters. The van der Waals surface area contributed by atoms with E-state index in [1.807, 2.05) is 0 Å². The molecule has 0 saturated heterocycles. The zero-order chi connectivity index (χ0) is 28.5. The SMILES string of the molecule is O=C(NC(C(=O)O)C(C(F)(F)F)C(F)(F)F)c1ccc2ccccc2c1OCc1ccc(C(F)(F)F)cc1. The Morgan fingerprint density at radius 1 is 0.816 bits per heavy atom. The Morgan fingerprint density at radius 2 is 1.39 bits per heavy atom. The number of amides is 1. The molecule has 0 fully saturated rings. The first-order valence-corrected chi connectivity index (χ1v) is 10.5. The minimum Gasteiger partial charge on any atom is -0.487 e. The van der Waals surface area contributed by atoms with E-state index >= 15 is 0 Å². The van der Waals surface area contributed by atoms with E-state index in [4.69, 9.17) is 9.84 Å². The molecule has 3 aromatic rings. The fourth-order valence-electron chi connectivity index (χ4n) is 3.59. The van der Waals surface area contributed by atoms with E-state index in [9.17, 15) is 49.1 Å². The summed E-state index contributed by atoms with van der Waals surface area (Å²) in [5.41, 5.74) is -1.35. The van der Waals surface area contributed by atoms with Crippen molar-refractivity contribution in [1.82, 2.24) is 5.32 Å². The van der Waals surface area contributed by atoms with Crippen LogP contribution in [0.4, 0.5) is 39.5 Å². The molecule has 0 heterocycles. The zero-order valence-corrected chi connectivity index (χ0v) is 18.7. The van der Waals surface area contributed by atoms with Gasteiger partial charge in [-0.2, -0.15) is 39.5 Å². The number of carboxylic acid groups (broad SMARTS) is 1. The number of carboxylic acids is 1. The summed E-state index contributed by atoms with van der Waals surface area (Å²) in [6.45, 7) is -0.442. The van der Waals surface area contributed by atoms with Gasteiger partial charge in [0.1, 0.15) is 18.4 Å². The second kappa shape index (κ2) is 10.4. The molecule has 3 rings (SSSR count). The van der Waals surface area contributed by atoms with Gasteiger partial charge in [0, 0.05) is 5.39 Å². The van der Waals surface area contributed by atoms with Gasteiger partial charge in [-0.3, -0.25) is 4.79 Å². The van der Waals surface area contributed by atoms with Gasteiger partial charge < -0.3 is 15.2 Å². The molecule has 2 N–H and O–H groups in total. The number of hydrogen-bond acceptors (Lipinski definition) is 3. The molecule has 38 heavy (non-hydrogen) atoms. The van der Waals surface area contributed by atoms with Gasteiger partial charge in [0.25, 0.3) is 5.91 Å². The summed E-state index contributed by atoms with van der Waals surface area (Å²) in [6, 6.07) is 8.60. The molecule has 3 aromatic carbocycles. The summed E-state index contributed by atoms with van der Waals surface area (Å²) in [5.74, 6) is -8.93. The van der Waals surface area contributed by atoms with Crippen LogP contribution >= 0.6 is 0 Å². The molecule has 0 radical (unpaired) electrons. The second-order valence-corrected chi connectivity index (χ2v) is 8.00. The molecule has 0 saturated carbocycles. The number of carbonyl (C=O) groups excluding carboxylic acids is 1. The lowest BCUT2D eigenvalue weighted by atomic mass is 9.97. The predicted octanol–water partition coefficient (Wildman–Crippen LogP) is 6.36. The van der Waals surface area contributed by atoms with Crippen molar-refractivity contribution in [3.63, 3.8) is 0 Å². The van der Waals surface area contributed by atoms with E-state index < -0.39 is 60.1 Å². The second-order valence-electron chi connectivity index (χ2n) is 8.00. The van der Waals surface area contributed by atoms with E-state index in [1.54, 1.807) is 12.1 Å². The maximum Gasteiger partial charge on any atom is 0.416 e. The summed E-state index contributed by atoms with van der Waals surface area (Å²) >= 11 is 0. The summed E-state index contributed by atoms with van der Waals surface area (Å²) in [7, 11) is 0. The number of nitrogens with one attached hydrogen (secondary N) is 1. The van der Waals surface area contributed by atoms with Crippen molar-refractivity contribution in [2.24, 2.45) is 5.92 Å². The van der Waals surface area contributed by atoms with Crippen LogP contribution in [0.3, 0.4) is 0 Å². The zero-order valence-electron chi connectivity index (χ0n) is 18.7. The van der Waals surface area contributed by atoms with E-state index in [0.717, 1.165) is 30.3 Å². The number of carbonyl (C=O) groups is 2. The van der Waals surface area contributed by atoms with E-state index in [2.05, 4.69) is 0 Å². The molecule has 0 bridgehead atoms. The molecule has 1 amide bonds. The maximum absolute atomic E-state index is 13.1. The van der Waals surface area contributed by atoms with Crippen molar-refractivity contribution >= 4 is 22.6 Å². The van der Waals surface area contributed by atoms with Gasteiger partial charge in [-0.25, -0.2) is 4.79 Å². The van der Waals surface area contributed by atoms with Crippen molar-refractivity contribution in [1.29, 1.82) is 0 Å². The van der Waals surface area contributed by atoms with Crippen molar-refractivity contribution in [3.8, 4) is 5.75 Å². The van der Waals surface area contributed by atoms with Crippen LogP contribution in [0.15, 0.2) is 60.7 Å². The topological polar surface area (TPSA) is 75.6 Å². The van der Waals surface area contributed by atoms with E-state index in [1.165, 1.54) is 23.5 Å². The lowest BCUT2D eigenvalue weighted by molar-refractivity contribution is -0.290. The fraction of sp³-hybridized carbons (Fsp3) is 0.250. The number of aliphatic carboxylic acids is 1. The largest absolute Gasteiger partial charge is 0.487 e. The monoisotopic (exact) mass is 553 g/mol. The molecule has 0 aliphatic heterocycles. The van der Waals surface area contributed by atoms with Gasteiger partial charge in [0.15, 0.2) is 5.92 Å². The molecular weight excluding hydrogens is 537 g/mol. The van der Waals surface area contributed by atoms with Gasteiger partial charge in [-0.05, 0) is 29.1 Å². The van der Waals surface area contributed by atoms with Gasteiger partial charge in [0.05, 0.1) is 11.1 Å². The van der Waals surface area contributed by atoms with E-state index in [-0.39, 0.29) is 16.7 Å². The van der Waals surface area contributed by atoms with Crippen LogP contribution in [0.5, 0.6) is 5.75 Å². The summed E-state index contributed by atoms with van der Waals surface area (Å²) in [6.07, 6.45) is -16.7. The van der Waals surface area contributed by atoms with Crippen LogP contribution in [-0.2, 0) is 17.6 Å². The van der Waals surface area contributed by atoms with Crippen LogP contribution in [-0.4, -0.2) is 35.4 Å². The average Bonchev–Trinajstić information content (AvgIpc) is 2.79. The van der Waals surface area contributed by atoms with Gasteiger partial charge in [-0.15, -0.1) is 0 Å². The van der Waals surface area contributed by atoms with Gasteiger partial charge >= 0.3 is 24.5 Å². The Kier molecular flexibility index (Phi) is 7.84. The van der Waals surface area contributed by atoms with Crippen molar-refractivity contribution < 1.29 is 58.9 Å². The normalized spacial score (nSPS) is 13.4. The maximum atomic E-state index is 13.1. The molecule has 5 nitrogen and oxygen atoms in total. The van der Waals surface area contributed by atoms with Crippen molar-refractivity contribution in [2.45, 2.75) is 31.2 Å². The third kappa shape index (κ3) is 6.47. The standard InChI is InChI=1S/C24H16F9NO4/c25-22(26,27)14-8-5-12(6-9-14)11-38-18-15-4-2-1-3-13(15)7-10-16(18)20(35)34-17(21(36)37)19(23(28,29)30)24(31,32)33/h1-10,17,19H,11H2,(H,34,35)(H,36,37). The molecule has 0 aromatic heterocycles. The highest BCUT2D eigenvalue weighted by atomic mass is 19.4. The first-order chi connectivity index (χ1) is 17.5. The molecule has 14 heteroatoms. The highest BCUT2D eigenvalue weighted by molar-refractivity contribution is 6.04. The number of fused-ring (bicyclic) bond motifs is 1. The third-order valence-electron chi connectivity index (χ3n) is 5.38. The van der Waals surface area contributed by atoms with Crippen LogP contribution in [0, 0.1) is 5.92 Å².